The minimum atomic E-state index is -3.08. The highest BCUT2D eigenvalue weighted by molar-refractivity contribution is 9.10. The molecule has 1 saturated carbocycles. The standard InChI is InChI=1S/C13H19BrN4O3S/c1-17-13(19)12(14)11(8-15-17)16-9-4-6-18(7-5-9)22(20,21)10-2-3-10/h8-10,16H,2-7H2,1H3. The van der Waals surface area contributed by atoms with Gasteiger partial charge in [0.2, 0.25) is 10.0 Å². The molecule has 1 aromatic heterocycles. The van der Waals surface area contributed by atoms with Crippen LogP contribution < -0.4 is 10.9 Å². The van der Waals surface area contributed by atoms with Crippen molar-refractivity contribution in [2.45, 2.75) is 37.0 Å². The van der Waals surface area contributed by atoms with Crippen LogP contribution in [0, 0.1) is 0 Å². The summed E-state index contributed by atoms with van der Waals surface area (Å²) in [6.07, 6.45) is 4.67. The Hall–Kier alpha value is -0.930. The molecule has 1 aliphatic carbocycles. The molecule has 0 radical (unpaired) electrons. The first kappa shape index (κ1) is 15.9. The highest BCUT2D eigenvalue weighted by atomic mass is 79.9. The minimum Gasteiger partial charge on any atom is -0.380 e. The Bertz CT molecular complexity index is 721. The lowest BCUT2D eigenvalue weighted by molar-refractivity contribution is 0.329. The molecule has 1 saturated heterocycles. The highest BCUT2D eigenvalue weighted by Gasteiger charge is 2.41. The second-order valence-corrected chi connectivity index (χ2v) is 8.87. The monoisotopic (exact) mass is 390 g/mol. The van der Waals surface area contributed by atoms with Crippen LogP contribution in [0.4, 0.5) is 5.69 Å². The summed E-state index contributed by atoms with van der Waals surface area (Å²) in [6.45, 7) is 1.07. The van der Waals surface area contributed by atoms with Crippen molar-refractivity contribution in [3.05, 3.63) is 21.0 Å². The maximum absolute atomic E-state index is 12.2. The Morgan fingerprint density at radius 2 is 1.91 bits per heavy atom. The zero-order valence-corrected chi connectivity index (χ0v) is 14.7. The van der Waals surface area contributed by atoms with Crippen LogP contribution in [0.1, 0.15) is 25.7 Å². The zero-order valence-electron chi connectivity index (χ0n) is 12.3. The fourth-order valence-corrected chi connectivity index (χ4v) is 5.01. The number of aromatic nitrogens is 2. The topological polar surface area (TPSA) is 84.3 Å². The van der Waals surface area contributed by atoms with Crippen LogP contribution in [-0.4, -0.2) is 46.9 Å². The summed E-state index contributed by atoms with van der Waals surface area (Å²) in [4.78, 5) is 11.8. The average Bonchev–Trinajstić information content (AvgIpc) is 3.34. The van der Waals surface area contributed by atoms with E-state index in [1.165, 1.54) is 4.68 Å². The number of anilines is 1. The molecular weight excluding hydrogens is 372 g/mol. The predicted octanol–water partition coefficient (Wildman–Crippen LogP) is 0.911. The largest absolute Gasteiger partial charge is 0.380 e. The van der Waals surface area contributed by atoms with Gasteiger partial charge in [-0.2, -0.15) is 5.10 Å². The van der Waals surface area contributed by atoms with Gasteiger partial charge in [0, 0.05) is 26.2 Å². The quantitative estimate of drug-likeness (QED) is 0.825. The van der Waals surface area contributed by atoms with Gasteiger partial charge in [0.05, 0.1) is 17.1 Å². The molecule has 9 heteroatoms. The lowest BCUT2D eigenvalue weighted by atomic mass is 10.1. The third-order valence-electron chi connectivity index (χ3n) is 4.20. The normalized spacial score (nSPS) is 21.0. The van der Waals surface area contributed by atoms with Crippen molar-refractivity contribution >= 4 is 31.6 Å². The van der Waals surface area contributed by atoms with Crippen molar-refractivity contribution in [3.63, 3.8) is 0 Å². The van der Waals surface area contributed by atoms with E-state index in [-0.39, 0.29) is 16.9 Å². The van der Waals surface area contributed by atoms with Crippen molar-refractivity contribution in [1.82, 2.24) is 14.1 Å². The molecule has 22 heavy (non-hydrogen) atoms. The Kier molecular flexibility index (Phi) is 4.30. The number of sulfonamides is 1. The molecule has 2 heterocycles. The van der Waals surface area contributed by atoms with Gasteiger partial charge in [0.15, 0.2) is 0 Å². The lowest BCUT2D eigenvalue weighted by Crippen LogP contribution is -2.43. The Labute approximate surface area is 137 Å². The molecule has 122 valence electrons. The Morgan fingerprint density at radius 1 is 1.27 bits per heavy atom. The molecule has 3 rings (SSSR count). The molecule has 1 aliphatic heterocycles. The highest BCUT2D eigenvalue weighted by Crippen LogP contribution is 2.32. The van der Waals surface area contributed by atoms with Gasteiger partial charge in [-0.25, -0.2) is 17.4 Å². The molecule has 0 bridgehead atoms. The van der Waals surface area contributed by atoms with Crippen LogP contribution in [0.3, 0.4) is 0 Å². The van der Waals surface area contributed by atoms with Gasteiger partial charge in [-0.15, -0.1) is 0 Å². The maximum Gasteiger partial charge on any atom is 0.282 e. The van der Waals surface area contributed by atoms with Crippen LogP contribution in [0.2, 0.25) is 0 Å². The third kappa shape index (κ3) is 3.07. The van der Waals surface area contributed by atoms with E-state index in [2.05, 4.69) is 26.3 Å². The maximum atomic E-state index is 12.2. The van der Waals surface area contributed by atoms with E-state index in [1.54, 1.807) is 17.5 Å². The van der Waals surface area contributed by atoms with E-state index < -0.39 is 10.0 Å². The van der Waals surface area contributed by atoms with E-state index in [9.17, 15) is 13.2 Å². The van der Waals surface area contributed by atoms with Crippen molar-refractivity contribution in [2.75, 3.05) is 18.4 Å². The molecule has 2 fully saturated rings. The van der Waals surface area contributed by atoms with E-state index in [0.717, 1.165) is 25.7 Å². The summed E-state index contributed by atoms with van der Waals surface area (Å²) in [5, 5.41) is 7.14. The summed E-state index contributed by atoms with van der Waals surface area (Å²) in [6, 6.07) is 0.149. The summed E-state index contributed by atoms with van der Waals surface area (Å²) >= 11 is 3.29. The molecule has 7 nitrogen and oxygen atoms in total. The SMILES string of the molecule is Cn1ncc(NC2CCN(S(=O)(=O)C3CC3)CC2)c(Br)c1=O. The Balaban J connectivity index is 1.63. The van der Waals surface area contributed by atoms with Crippen molar-refractivity contribution < 1.29 is 8.42 Å². The summed E-state index contributed by atoms with van der Waals surface area (Å²) in [5.41, 5.74) is 0.463. The number of piperidine rings is 1. The van der Waals surface area contributed by atoms with Gasteiger partial charge in [-0.1, -0.05) is 0 Å². The average molecular weight is 391 g/mol. The minimum absolute atomic E-state index is 0.146. The summed E-state index contributed by atoms with van der Waals surface area (Å²) in [5.74, 6) is 0. The molecule has 0 unspecified atom stereocenters. The molecular formula is C13H19BrN4O3S. The fraction of sp³-hybridized carbons (Fsp3) is 0.692. The third-order valence-corrected chi connectivity index (χ3v) is 7.36. The van der Waals surface area contributed by atoms with E-state index in [4.69, 9.17) is 0 Å². The second kappa shape index (κ2) is 5.93. The fourth-order valence-electron chi connectivity index (χ4n) is 2.66. The van der Waals surface area contributed by atoms with Gasteiger partial charge in [-0.05, 0) is 41.6 Å². The molecule has 2 aliphatic rings. The van der Waals surface area contributed by atoms with E-state index in [0.29, 0.717) is 23.2 Å². The van der Waals surface area contributed by atoms with Gasteiger partial charge in [0.25, 0.3) is 5.56 Å². The first-order valence-electron chi connectivity index (χ1n) is 7.37. The van der Waals surface area contributed by atoms with Crippen LogP contribution >= 0.6 is 15.9 Å². The zero-order chi connectivity index (χ0) is 15.9. The van der Waals surface area contributed by atoms with Crippen LogP contribution in [0.25, 0.3) is 0 Å². The Morgan fingerprint density at radius 3 is 2.50 bits per heavy atom. The van der Waals surface area contributed by atoms with Gasteiger partial charge < -0.3 is 5.32 Å². The molecule has 1 N–H and O–H groups in total. The van der Waals surface area contributed by atoms with Gasteiger partial charge in [0.1, 0.15) is 4.47 Å². The molecule has 0 amide bonds. The number of nitrogens with one attached hydrogen (secondary N) is 1. The van der Waals surface area contributed by atoms with Crippen molar-refractivity contribution in [3.8, 4) is 0 Å². The molecule has 0 atom stereocenters. The first-order chi connectivity index (χ1) is 10.4. The van der Waals surface area contributed by atoms with Crippen molar-refractivity contribution in [2.24, 2.45) is 7.05 Å². The predicted molar refractivity (Wildman–Crippen MR) is 87.3 cm³/mol. The smallest absolute Gasteiger partial charge is 0.282 e. The number of hydrogen-bond acceptors (Lipinski definition) is 5. The van der Waals surface area contributed by atoms with Crippen molar-refractivity contribution in [1.29, 1.82) is 0 Å². The molecule has 1 aromatic rings. The van der Waals surface area contributed by atoms with Crippen LogP contribution in [0.5, 0.6) is 0 Å². The number of nitrogens with zero attached hydrogens (tertiary/aromatic N) is 3. The molecule has 0 spiro atoms. The van der Waals surface area contributed by atoms with Crippen LogP contribution in [0.15, 0.2) is 15.5 Å². The number of hydrogen-bond donors (Lipinski definition) is 1. The van der Waals surface area contributed by atoms with Gasteiger partial charge >= 0.3 is 0 Å². The number of rotatable bonds is 4. The summed E-state index contributed by atoms with van der Waals surface area (Å²) < 4.78 is 27.7. The first-order valence-corrected chi connectivity index (χ1v) is 9.66. The number of aryl methyl sites for hydroxylation is 1. The van der Waals surface area contributed by atoms with E-state index in [1.807, 2.05) is 0 Å². The van der Waals surface area contributed by atoms with Crippen LogP contribution in [-0.2, 0) is 17.1 Å². The van der Waals surface area contributed by atoms with E-state index >= 15 is 0 Å². The van der Waals surface area contributed by atoms with Gasteiger partial charge in [-0.3, -0.25) is 4.79 Å². The molecule has 0 aromatic carbocycles. The summed E-state index contributed by atoms with van der Waals surface area (Å²) in [7, 11) is -1.48. The lowest BCUT2D eigenvalue weighted by Gasteiger charge is -2.32. The number of halogens is 1. The second-order valence-electron chi connectivity index (χ2n) is 5.86.